The van der Waals surface area contributed by atoms with Crippen LogP contribution in [0, 0.1) is 0 Å². The summed E-state index contributed by atoms with van der Waals surface area (Å²) in [6.07, 6.45) is 1.23. The number of hydrogen-bond donors (Lipinski definition) is 1. The molecule has 2 aromatic heterocycles. The molecule has 1 saturated heterocycles. The highest BCUT2D eigenvalue weighted by Crippen LogP contribution is 2.27. The summed E-state index contributed by atoms with van der Waals surface area (Å²) in [4.78, 5) is 31.2. The second kappa shape index (κ2) is 6.93. The Labute approximate surface area is 137 Å². The normalized spacial score (nSPS) is 16.1. The van der Waals surface area contributed by atoms with Crippen molar-refractivity contribution in [3.05, 3.63) is 29.6 Å². The highest BCUT2D eigenvalue weighted by molar-refractivity contribution is 7.13. The van der Waals surface area contributed by atoms with Crippen molar-refractivity contribution in [2.24, 2.45) is 0 Å². The van der Waals surface area contributed by atoms with E-state index in [1.807, 2.05) is 17.5 Å². The third-order valence-corrected chi connectivity index (χ3v) is 4.44. The Kier molecular flexibility index (Phi) is 4.73. The molecule has 3 heterocycles. The maximum absolute atomic E-state index is 12.4. The molecule has 8 heteroatoms. The van der Waals surface area contributed by atoms with Gasteiger partial charge in [0.25, 0.3) is 5.91 Å². The first-order valence-electron chi connectivity index (χ1n) is 7.31. The van der Waals surface area contributed by atoms with Crippen molar-refractivity contribution >= 4 is 23.2 Å². The Bertz CT molecular complexity index is 677. The molecule has 0 bridgehead atoms. The number of thiophene rings is 1. The van der Waals surface area contributed by atoms with E-state index in [1.54, 1.807) is 11.8 Å². The molecular weight excluding hydrogens is 318 g/mol. The van der Waals surface area contributed by atoms with E-state index in [0.29, 0.717) is 32.1 Å². The molecule has 0 unspecified atom stereocenters. The smallest absolute Gasteiger partial charge is 0.274 e. The lowest BCUT2D eigenvalue weighted by molar-refractivity contribution is -0.136. The summed E-state index contributed by atoms with van der Waals surface area (Å²) in [5.41, 5.74) is 0.189. The van der Waals surface area contributed by atoms with Crippen molar-refractivity contribution in [2.45, 2.75) is 13.0 Å². The van der Waals surface area contributed by atoms with Crippen molar-refractivity contribution in [3.63, 3.8) is 0 Å². The van der Waals surface area contributed by atoms with Crippen molar-refractivity contribution in [3.8, 4) is 10.6 Å². The molecule has 3 rings (SSSR count). The molecule has 1 atom stereocenters. The first kappa shape index (κ1) is 15.7. The summed E-state index contributed by atoms with van der Waals surface area (Å²) in [6.45, 7) is 3.81. The number of aromatic nitrogens is 1. The van der Waals surface area contributed by atoms with Crippen LogP contribution in [0.15, 0.2) is 28.3 Å². The number of rotatable bonds is 4. The highest BCUT2D eigenvalue weighted by atomic mass is 32.1. The number of hydrogen-bond acceptors (Lipinski definition) is 6. The maximum atomic E-state index is 12.4. The Morgan fingerprint density at radius 3 is 2.87 bits per heavy atom. The average Bonchev–Trinajstić information content (AvgIpc) is 3.25. The van der Waals surface area contributed by atoms with Crippen molar-refractivity contribution in [1.29, 1.82) is 0 Å². The van der Waals surface area contributed by atoms with Gasteiger partial charge in [-0.1, -0.05) is 6.07 Å². The van der Waals surface area contributed by atoms with E-state index in [4.69, 9.17) is 9.15 Å². The van der Waals surface area contributed by atoms with Gasteiger partial charge in [0, 0.05) is 13.1 Å². The Morgan fingerprint density at radius 1 is 1.39 bits per heavy atom. The van der Waals surface area contributed by atoms with Crippen LogP contribution in [0.1, 0.15) is 17.4 Å². The molecule has 0 aromatic carbocycles. The molecule has 23 heavy (non-hydrogen) atoms. The monoisotopic (exact) mass is 335 g/mol. The topological polar surface area (TPSA) is 84.7 Å². The van der Waals surface area contributed by atoms with Gasteiger partial charge in [0.1, 0.15) is 6.04 Å². The summed E-state index contributed by atoms with van der Waals surface area (Å²) in [6, 6.07) is 3.09. The fourth-order valence-electron chi connectivity index (χ4n) is 2.37. The van der Waals surface area contributed by atoms with Crippen LogP contribution in [-0.4, -0.2) is 54.0 Å². The van der Waals surface area contributed by atoms with Gasteiger partial charge in [-0.15, -0.1) is 11.3 Å². The molecule has 0 spiro atoms. The summed E-state index contributed by atoms with van der Waals surface area (Å²) in [5, 5.41) is 4.59. The minimum atomic E-state index is -0.631. The van der Waals surface area contributed by atoms with E-state index >= 15 is 0 Å². The molecule has 0 aliphatic carbocycles. The molecule has 1 N–H and O–H groups in total. The lowest BCUT2D eigenvalue weighted by atomic mass is 10.2. The lowest BCUT2D eigenvalue weighted by Gasteiger charge is -2.29. The summed E-state index contributed by atoms with van der Waals surface area (Å²) < 4.78 is 10.5. The maximum Gasteiger partial charge on any atom is 0.274 e. The van der Waals surface area contributed by atoms with Gasteiger partial charge in [-0.3, -0.25) is 9.59 Å². The van der Waals surface area contributed by atoms with Gasteiger partial charge in [-0.2, -0.15) is 0 Å². The van der Waals surface area contributed by atoms with Crippen molar-refractivity contribution < 1.29 is 18.7 Å². The number of oxazole rings is 1. The zero-order chi connectivity index (χ0) is 16.2. The Morgan fingerprint density at radius 2 is 2.17 bits per heavy atom. The number of carbonyl (C=O) groups is 2. The second-order valence-electron chi connectivity index (χ2n) is 5.14. The molecule has 122 valence electrons. The van der Waals surface area contributed by atoms with Gasteiger partial charge in [0.15, 0.2) is 17.8 Å². The molecule has 2 amide bonds. The first-order valence-corrected chi connectivity index (χ1v) is 8.19. The number of carbonyl (C=O) groups excluding carboxylic acids is 2. The average molecular weight is 335 g/mol. The van der Waals surface area contributed by atoms with Crippen LogP contribution >= 0.6 is 11.3 Å². The van der Waals surface area contributed by atoms with Gasteiger partial charge in [0.05, 0.1) is 18.1 Å². The van der Waals surface area contributed by atoms with Crippen LogP contribution < -0.4 is 5.32 Å². The Hall–Kier alpha value is -2.19. The summed E-state index contributed by atoms with van der Waals surface area (Å²) in [7, 11) is 0. The van der Waals surface area contributed by atoms with Crippen LogP contribution in [0.2, 0.25) is 0 Å². The molecule has 1 aliphatic rings. The third-order valence-electron chi connectivity index (χ3n) is 3.57. The predicted molar refractivity (Wildman–Crippen MR) is 84.1 cm³/mol. The molecule has 0 saturated carbocycles. The fourth-order valence-corrected chi connectivity index (χ4v) is 3.09. The quantitative estimate of drug-likeness (QED) is 0.912. The number of amides is 2. The van der Waals surface area contributed by atoms with E-state index in [0.717, 1.165) is 4.88 Å². The Balaban J connectivity index is 1.67. The predicted octanol–water partition coefficient (Wildman–Crippen LogP) is 1.38. The molecule has 1 fully saturated rings. The van der Waals surface area contributed by atoms with Gasteiger partial charge in [0.2, 0.25) is 5.91 Å². The third kappa shape index (κ3) is 3.43. The van der Waals surface area contributed by atoms with E-state index in [2.05, 4.69) is 10.3 Å². The van der Waals surface area contributed by atoms with Crippen molar-refractivity contribution in [2.75, 3.05) is 26.3 Å². The minimum absolute atomic E-state index is 0.122. The zero-order valence-electron chi connectivity index (χ0n) is 12.7. The molecule has 7 nitrogen and oxygen atoms in total. The number of nitrogens with zero attached hydrogens (tertiary/aromatic N) is 2. The largest absolute Gasteiger partial charge is 0.442 e. The van der Waals surface area contributed by atoms with Gasteiger partial charge in [-0.25, -0.2) is 4.98 Å². The molecule has 0 radical (unpaired) electrons. The minimum Gasteiger partial charge on any atom is -0.442 e. The van der Waals surface area contributed by atoms with Gasteiger partial charge >= 0.3 is 0 Å². The second-order valence-corrected chi connectivity index (χ2v) is 6.09. The summed E-state index contributed by atoms with van der Waals surface area (Å²) >= 11 is 1.46. The van der Waals surface area contributed by atoms with E-state index in [-0.39, 0.29) is 11.6 Å². The number of morpholine rings is 1. The van der Waals surface area contributed by atoms with Gasteiger partial charge in [-0.05, 0) is 18.4 Å². The number of ether oxygens (including phenoxy) is 1. The summed E-state index contributed by atoms with van der Waals surface area (Å²) in [5.74, 6) is -0.123. The van der Waals surface area contributed by atoms with Crippen molar-refractivity contribution in [1.82, 2.24) is 15.2 Å². The number of nitrogens with one attached hydrogen (secondary N) is 1. The molecule has 1 aliphatic heterocycles. The van der Waals surface area contributed by atoms with E-state index in [9.17, 15) is 9.59 Å². The fraction of sp³-hybridized carbons (Fsp3) is 0.400. The SMILES string of the molecule is C[C@@H](NC(=O)c1ncoc1-c1cccs1)C(=O)N1CCOCC1. The van der Waals surface area contributed by atoms with Gasteiger partial charge < -0.3 is 19.4 Å². The highest BCUT2D eigenvalue weighted by Gasteiger charge is 2.26. The molecule has 2 aromatic rings. The lowest BCUT2D eigenvalue weighted by Crippen LogP contribution is -2.50. The van der Waals surface area contributed by atoms with E-state index < -0.39 is 11.9 Å². The van der Waals surface area contributed by atoms with Crippen LogP contribution in [-0.2, 0) is 9.53 Å². The molecular formula is C15H17N3O4S. The van der Waals surface area contributed by atoms with Crippen LogP contribution in [0.4, 0.5) is 0 Å². The van der Waals surface area contributed by atoms with Crippen LogP contribution in [0.3, 0.4) is 0 Å². The van der Waals surface area contributed by atoms with Crippen LogP contribution in [0.25, 0.3) is 10.6 Å². The van der Waals surface area contributed by atoms with E-state index in [1.165, 1.54) is 17.7 Å². The van der Waals surface area contributed by atoms with Crippen LogP contribution in [0.5, 0.6) is 0 Å². The first-order chi connectivity index (χ1) is 11.2. The zero-order valence-corrected chi connectivity index (χ0v) is 13.5. The standard InChI is InChI=1S/C15H17N3O4S/c1-10(15(20)18-4-6-21-7-5-18)17-14(19)12-13(22-9-16-12)11-3-2-8-23-11/h2-3,8-10H,4-7H2,1H3,(H,17,19)/t10-/m1/s1.